The van der Waals surface area contributed by atoms with E-state index >= 15 is 0 Å². The highest BCUT2D eigenvalue weighted by Crippen LogP contribution is 2.26. The summed E-state index contributed by atoms with van der Waals surface area (Å²) in [6, 6.07) is 5.33. The predicted molar refractivity (Wildman–Crippen MR) is 66.2 cm³/mol. The van der Waals surface area contributed by atoms with Gasteiger partial charge in [0.1, 0.15) is 11.3 Å². The molecule has 18 heavy (non-hydrogen) atoms. The van der Waals surface area contributed by atoms with Crippen LogP contribution in [-0.2, 0) is 0 Å². The third kappa shape index (κ3) is 3.22. The van der Waals surface area contributed by atoms with Crippen molar-refractivity contribution in [2.24, 2.45) is 0 Å². The average Bonchev–Trinajstić information content (AvgIpc) is 2.75. The molecule has 0 aliphatic carbocycles. The Balaban J connectivity index is 2.03. The summed E-state index contributed by atoms with van der Waals surface area (Å²) < 4.78 is 34.2. The fraction of sp³-hybridized carbons (Fsp3) is 0.250. The second-order valence-electron chi connectivity index (χ2n) is 3.44. The third-order valence-corrected chi connectivity index (χ3v) is 3.08. The minimum Gasteiger partial charge on any atom is -0.497 e. The molecule has 0 amide bonds. The maximum Gasteiger partial charge on any atom is 0.266 e. The number of nitrogens with zero attached hydrogens (tertiary/aromatic N) is 1. The van der Waals surface area contributed by atoms with Crippen LogP contribution < -0.4 is 4.74 Å². The van der Waals surface area contributed by atoms with E-state index in [0.29, 0.717) is 22.3 Å². The molecule has 0 aliphatic heterocycles. The molecule has 0 saturated heterocycles. The molecule has 2 aromatic rings. The number of allylic oxidation sites excluding steroid dienone is 1. The molecule has 1 heterocycles. The summed E-state index contributed by atoms with van der Waals surface area (Å²) >= 11 is 1.31. The van der Waals surface area contributed by atoms with E-state index in [1.54, 1.807) is 25.3 Å². The van der Waals surface area contributed by atoms with Crippen molar-refractivity contribution in [2.45, 2.75) is 11.6 Å². The standard InChI is InChI=1S/C12H11F2NO2S/c1-16-8-4-5-9-10(7-8)17-12(15-9)18-6-2-3-11(13)14/h3-5,7H,2,6H2,1H3. The van der Waals surface area contributed by atoms with Crippen LogP contribution in [0.4, 0.5) is 8.78 Å². The van der Waals surface area contributed by atoms with Gasteiger partial charge in [-0.25, -0.2) is 4.98 Å². The molecule has 0 spiro atoms. The van der Waals surface area contributed by atoms with Crippen molar-refractivity contribution in [2.75, 3.05) is 12.9 Å². The van der Waals surface area contributed by atoms with Crippen LogP contribution in [0.2, 0.25) is 0 Å². The van der Waals surface area contributed by atoms with Crippen molar-refractivity contribution < 1.29 is 17.9 Å². The Labute approximate surface area is 107 Å². The molecule has 0 atom stereocenters. The Kier molecular flexibility index (Phi) is 4.19. The van der Waals surface area contributed by atoms with Crippen LogP contribution in [-0.4, -0.2) is 17.8 Å². The quantitative estimate of drug-likeness (QED) is 0.606. The smallest absolute Gasteiger partial charge is 0.266 e. The molecule has 3 nitrogen and oxygen atoms in total. The topological polar surface area (TPSA) is 35.3 Å². The fourth-order valence-electron chi connectivity index (χ4n) is 1.39. The van der Waals surface area contributed by atoms with E-state index in [9.17, 15) is 8.78 Å². The monoisotopic (exact) mass is 271 g/mol. The molecule has 0 unspecified atom stereocenters. The first-order chi connectivity index (χ1) is 8.69. The van der Waals surface area contributed by atoms with Crippen molar-refractivity contribution >= 4 is 22.9 Å². The molecule has 6 heteroatoms. The van der Waals surface area contributed by atoms with E-state index in [4.69, 9.17) is 9.15 Å². The second kappa shape index (κ2) is 5.86. The summed E-state index contributed by atoms with van der Waals surface area (Å²) in [6.07, 6.45) is -0.480. The van der Waals surface area contributed by atoms with Gasteiger partial charge < -0.3 is 9.15 Å². The number of hydrogen-bond donors (Lipinski definition) is 0. The Bertz CT molecular complexity index is 564. The van der Waals surface area contributed by atoms with Gasteiger partial charge in [0.15, 0.2) is 5.58 Å². The Morgan fingerprint density at radius 1 is 1.50 bits per heavy atom. The Morgan fingerprint density at radius 2 is 2.33 bits per heavy atom. The van der Waals surface area contributed by atoms with Crippen LogP contribution in [0.3, 0.4) is 0 Å². The summed E-state index contributed by atoms with van der Waals surface area (Å²) in [4.78, 5) is 4.24. The van der Waals surface area contributed by atoms with Gasteiger partial charge in [0.05, 0.1) is 7.11 Å². The highest BCUT2D eigenvalue weighted by molar-refractivity contribution is 7.99. The van der Waals surface area contributed by atoms with Gasteiger partial charge in [-0.2, -0.15) is 8.78 Å². The summed E-state index contributed by atoms with van der Waals surface area (Å²) in [5.74, 6) is 1.19. The van der Waals surface area contributed by atoms with Gasteiger partial charge in [-0.3, -0.25) is 0 Å². The van der Waals surface area contributed by atoms with Gasteiger partial charge in [-0.1, -0.05) is 11.8 Å². The number of thioether (sulfide) groups is 1. The van der Waals surface area contributed by atoms with Gasteiger partial charge >= 0.3 is 0 Å². The van der Waals surface area contributed by atoms with Crippen LogP contribution in [0.1, 0.15) is 6.42 Å². The van der Waals surface area contributed by atoms with E-state index in [0.717, 1.165) is 11.6 Å². The lowest BCUT2D eigenvalue weighted by atomic mass is 10.3. The first-order valence-electron chi connectivity index (χ1n) is 5.27. The number of benzene rings is 1. The molecule has 0 N–H and O–H groups in total. The molecular weight excluding hydrogens is 260 g/mol. The van der Waals surface area contributed by atoms with Crippen molar-refractivity contribution in [3.05, 3.63) is 30.4 Å². The van der Waals surface area contributed by atoms with Crippen LogP contribution in [0.5, 0.6) is 5.75 Å². The Morgan fingerprint density at radius 3 is 3.06 bits per heavy atom. The van der Waals surface area contributed by atoms with Crippen LogP contribution in [0, 0.1) is 0 Å². The summed E-state index contributed by atoms with van der Waals surface area (Å²) in [7, 11) is 1.57. The number of ether oxygens (including phenoxy) is 1. The van der Waals surface area contributed by atoms with Crippen molar-refractivity contribution in [1.29, 1.82) is 0 Å². The molecule has 0 radical (unpaired) electrons. The number of hydrogen-bond acceptors (Lipinski definition) is 4. The van der Waals surface area contributed by atoms with E-state index in [1.165, 1.54) is 11.8 Å². The zero-order chi connectivity index (χ0) is 13.0. The van der Waals surface area contributed by atoms with Crippen LogP contribution in [0.25, 0.3) is 11.1 Å². The summed E-state index contributed by atoms with van der Waals surface area (Å²) in [6.45, 7) is 0. The van der Waals surface area contributed by atoms with E-state index in [1.807, 2.05) is 0 Å². The minimum atomic E-state index is -1.65. The zero-order valence-electron chi connectivity index (χ0n) is 9.65. The van der Waals surface area contributed by atoms with Gasteiger partial charge in [-0.15, -0.1) is 0 Å². The van der Waals surface area contributed by atoms with E-state index in [2.05, 4.69) is 4.98 Å². The number of oxazole rings is 1. The van der Waals surface area contributed by atoms with Gasteiger partial charge in [0.25, 0.3) is 11.3 Å². The van der Waals surface area contributed by atoms with Gasteiger partial charge in [-0.05, 0) is 24.6 Å². The highest BCUT2D eigenvalue weighted by atomic mass is 32.2. The molecule has 0 saturated carbocycles. The highest BCUT2D eigenvalue weighted by Gasteiger charge is 2.07. The number of methoxy groups -OCH3 is 1. The number of fused-ring (bicyclic) bond motifs is 1. The fourth-order valence-corrected chi connectivity index (χ4v) is 2.11. The number of rotatable bonds is 5. The van der Waals surface area contributed by atoms with Crippen LogP contribution >= 0.6 is 11.8 Å². The molecule has 0 aliphatic rings. The minimum absolute atomic E-state index is 0.287. The zero-order valence-corrected chi connectivity index (χ0v) is 10.5. The van der Waals surface area contributed by atoms with E-state index < -0.39 is 6.08 Å². The second-order valence-corrected chi connectivity index (χ2v) is 4.49. The van der Waals surface area contributed by atoms with E-state index in [-0.39, 0.29) is 6.42 Å². The number of aromatic nitrogens is 1. The predicted octanol–water partition coefficient (Wildman–Crippen LogP) is 4.10. The molecule has 0 fully saturated rings. The largest absolute Gasteiger partial charge is 0.497 e. The normalized spacial score (nSPS) is 10.6. The molecule has 1 aromatic heterocycles. The average molecular weight is 271 g/mol. The van der Waals surface area contributed by atoms with Crippen molar-refractivity contribution in [3.8, 4) is 5.75 Å². The summed E-state index contributed by atoms with van der Waals surface area (Å²) in [5.41, 5.74) is 1.36. The van der Waals surface area contributed by atoms with Crippen molar-refractivity contribution in [3.63, 3.8) is 0 Å². The lowest BCUT2D eigenvalue weighted by Crippen LogP contribution is -1.80. The SMILES string of the molecule is COc1ccc2nc(SCCC=C(F)F)oc2c1. The summed E-state index contributed by atoms with van der Waals surface area (Å²) in [5, 5.41) is 0.478. The Hall–Kier alpha value is -1.56. The molecular formula is C12H11F2NO2S. The maximum atomic E-state index is 11.8. The van der Waals surface area contributed by atoms with Crippen molar-refractivity contribution in [1.82, 2.24) is 4.98 Å². The molecule has 2 rings (SSSR count). The number of halogens is 2. The first kappa shape index (κ1) is 12.9. The molecule has 1 aromatic carbocycles. The third-order valence-electron chi connectivity index (χ3n) is 2.22. The molecule has 96 valence electrons. The lowest BCUT2D eigenvalue weighted by molar-refractivity contribution is 0.413. The maximum absolute atomic E-state index is 11.8. The first-order valence-corrected chi connectivity index (χ1v) is 6.26. The molecule has 0 bridgehead atoms. The lowest BCUT2D eigenvalue weighted by Gasteiger charge is -1.95. The van der Waals surface area contributed by atoms with Crippen LogP contribution in [0.15, 0.2) is 40.0 Å². The van der Waals surface area contributed by atoms with Gasteiger partial charge in [0, 0.05) is 11.8 Å². The van der Waals surface area contributed by atoms with Gasteiger partial charge in [0.2, 0.25) is 0 Å².